The summed E-state index contributed by atoms with van der Waals surface area (Å²) in [6.45, 7) is 10.1. The minimum absolute atomic E-state index is 0.328. The van der Waals surface area contributed by atoms with E-state index in [0.29, 0.717) is 41.9 Å². The number of aliphatic hydroxyl groups is 6. The molecule has 17 nitrogen and oxygen atoms in total. The van der Waals surface area contributed by atoms with E-state index < -0.39 is 24.9 Å². The van der Waals surface area contributed by atoms with Crippen LogP contribution in [0.1, 0.15) is 33.4 Å². The number of carbonyl (C=O) groups is 2. The molecule has 468 valence electrons. The van der Waals surface area contributed by atoms with E-state index in [1.165, 1.54) is 28.5 Å². The highest BCUT2D eigenvalue weighted by Gasteiger charge is 2.12. The average Bonchev–Trinajstić information content (AvgIpc) is 3.73. The van der Waals surface area contributed by atoms with E-state index in [-0.39, 0.29) is 0 Å². The Balaban J connectivity index is 0.000000181. The summed E-state index contributed by atoms with van der Waals surface area (Å²) in [6, 6.07) is 74.8. The third-order valence-corrected chi connectivity index (χ3v) is 12.5. The number of nitrogen functional groups attached to an aromatic ring is 1. The molecule has 10 aromatic carbocycles. The first kappa shape index (κ1) is 69.3. The second-order valence-electron chi connectivity index (χ2n) is 20.3. The third kappa shape index (κ3) is 27.0. The molecule has 0 amide bonds. The van der Waals surface area contributed by atoms with Crippen LogP contribution in [0.3, 0.4) is 0 Å². The Morgan fingerprint density at radius 3 is 0.945 bits per heavy atom. The highest BCUT2D eigenvalue weighted by Crippen LogP contribution is 2.28. The van der Waals surface area contributed by atoms with Crippen molar-refractivity contribution >= 4 is 47.8 Å². The van der Waals surface area contributed by atoms with Gasteiger partial charge in [0.2, 0.25) is 0 Å². The van der Waals surface area contributed by atoms with E-state index in [2.05, 4.69) is 15.3 Å². The maximum absolute atomic E-state index is 10.4. The number of aldehydes is 2. The highest BCUT2D eigenvalue weighted by molar-refractivity contribution is 6.13. The van der Waals surface area contributed by atoms with Gasteiger partial charge in [0.1, 0.15) is 69.9 Å². The largest absolute Gasteiger partial charge is 0.457 e. The average molecular weight is 1230 g/mol. The molecular formula is C74H74N4O13. The predicted molar refractivity (Wildman–Crippen MR) is 357 cm³/mol. The number of nitrogens with zero attached hydrogens (tertiary/aromatic N) is 2. The quantitative estimate of drug-likeness (QED) is 0.0153. The van der Waals surface area contributed by atoms with Crippen LogP contribution in [0.5, 0.6) is 57.5 Å². The van der Waals surface area contributed by atoms with Crippen LogP contribution in [0.4, 0.5) is 22.7 Å². The standard InChI is InChI=1S/C16H16O3.C15H17NO4.C15H15NO3.C15H13NO2.C13H13NO/c1-12-2-6-15(7-3-12)19-16-8-4-13(5-9-16)10-14(18)11-17;1-10-2-6-12(7-3-10)20-13-8-4-11(5-9-13)16-14(17)15(18)19;1-11-2-6-13(7-3-11)19-14-8-4-12(5-9-14)16-10-15(17)18;1-12-2-6-14(7-3-12)18-15-8-4-13(5-9-15)16-10-11-17;1-10-2-6-12(7-3-10)15-13-8-4-11(14)5-9-13/h2-9,11,14,18H,10H2,1H3;2-9,14-19H,1H3;2-10,15,17-18H,1H3;2-11H,1H3;2-9H,14H2,1H3. The maximum Gasteiger partial charge on any atom is 0.197 e. The molecule has 2 unspecified atom stereocenters. The number of ether oxygens (including phenoxy) is 5. The van der Waals surface area contributed by atoms with Gasteiger partial charge in [-0.15, -0.1) is 0 Å². The second-order valence-corrected chi connectivity index (χ2v) is 20.3. The van der Waals surface area contributed by atoms with Gasteiger partial charge in [0.25, 0.3) is 0 Å². The lowest BCUT2D eigenvalue weighted by molar-refractivity contribution is -0.114. The van der Waals surface area contributed by atoms with Crippen LogP contribution in [-0.4, -0.2) is 80.6 Å². The van der Waals surface area contributed by atoms with Crippen LogP contribution in [0.25, 0.3) is 0 Å². The van der Waals surface area contributed by atoms with E-state index in [1.807, 2.05) is 217 Å². The number of nitrogens with two attached hydrogens (primary N) is 1. The van der Waals surface area contributed by atoms with Crippen LogP contribution in [0, 0.1) is 34.6 Å². The van der Waals surface area contributed by atoms with E-state index in [1.54, 1.807) is 60.7 Å². The fourth-order valence-electron chi connectivity index (χ4n) is 7.57. The highest BCUT2D eigenvalue weighted by atomic mass is 16.5. The number of hydrogen-bond donors (Lipinski definition) is 8. The van der Waals surface area contributed by atoms with Crippen LogP contribution in [0.2, 0.25) is 0 Å². The van der Waals surface area contributed by atoms with E-state index >= 15 is 0 Å². The summed E-state index contributed by atoms with van der Waals surface area (Å²) in [7, 11) is 0. The Kier molecular flexibility index (Phi) is 28.3. The molecule has 10 aromatic rings. The van der Waals surface area contributed by atoms with E-state index in [4.69, 9.17) is 49.8 Å². The van der Waals surface area contributed by atoms with Gasteiger partial charge in [0.15, 0.2) is 25.1 Å². The number of carbonyl (C=O) groups excluding carboxylic acids is 2. The lowest BCUT2D eigenvalue weighted by atomic mass is 10.1. The molecule has 9 N–H and O–H groups in total. The van der Waals surface area contributed by atoms with E-state index in [0.717, 1.165) is 74.7 Å². The first-order chi connectivity index (χ1) is 43.9. The molecule has 0 aliphatic carbocycles. The van der Waals surface area contributed by atoms with Gasteiger partial charge in [-0.05, 0) is 210 Å². The minimum atomic E-state index is -1.83. The molecule has 0 radical (unpaired) electrons. The Morgan fingerprint density at radius 1 is 0.385 bits per heavy atom. The molecule has 10 rings (SSSR count). The molecule has 0 bridgehead atoms. The Morgan fingerprint density at radius 2 is 0.659 bits per heavy atom. The smallest absolute Gasteiger partial charge is 0.197 e. The topological polar surface area (TPSA) is 264 Å². The van der Waals surface area contributed by atoms with Crippen molar-refractivity contribution in [2.45, 2.75) is 66.0 Å². The molecule has 0 aromatic heterocycles. The van der Waals surface area contributed by atoms with Gasteiger partial charge in [0, 0.05) is 17.8 Å². The zero-order valence-electron chi connectivity index (χ0n) is 50.9. The predicted octanol–water partition coefficient (Wildman–Crippen LogP) is 14.6. The summed E-state index contributed by atoms with van der Waals surface area (Å²) in [4.78, 5) is 28.3. The van der Waals surface area contributed by atoms with Crippen molar-refractivity contribution < 1.29 is 63.9 Å². The number of benzene rings is 10. The number of aliphatic imine (C=N–C) groups is 2. The Bertz CT molecular complexity index is 3710. The number of aryl methyl sites for hydroxylation is 5. The zero-order valence-corrected chi connectivity index (χ0v) is 50.9. The Labute approximate surface area is 529 Å². The summed E-state index contributed by atoms with van der Waals surface area (Å²) in [5, 5.41) is 55.9. The van der Waals surface area contributed by atoms with Crippen molar-refractivity contribution in [3.63, 3.8) is 0 Å². The second kappa shape index (κ2) is 37.2. The molecule has 0 aliphatic rings. The van der Waals surface area contributed by atoms with Crippen molar-refractivity contribution in [3.05, 3.63) is 276 Å². The number of rotatable bonds is 20. The fourth-order valence-corrected chi connectivity index (χ4v) is 7.57. The first-order valence-electron chi connectivity index (χ1n) is 28.7. The summed E-state index contributed by atoms with van der Waals surface area (Å²) < 4.78 is 28.3. The number of hydrogen-bond acceptors (Lipinski definition) is 17. The van der Waals surface area contributed by atoms with E-state index in [9.17, 15) is 19.8 Å². The normalized spacial score (nSPS) is 11.2. The summed E-state index contributed by atoms with van der Waals surface area (Å²) >= 11 is 0. The molecule has 0 heterocycles. The Hall–Kier alpha value is -10.8. The monoisotopic (exact) mass is 1230 g/mol. The van der Waals surface area contributed by atoms with Crippen LogP contribution in [-0.2, 0) is 16.0 Å². The third-order valence-electron chi connectivity index (χ3n) is 12.5. The van der Waals surface area contributed by atoms with Gasteiger partial charge in [0.05, 0.1) is 23.8 Å². The first-order valence-corrected chi connectivity index (χ1v) is 28.7. The van der Waals surface area contributed by atoms with Crippen molar-refractivity contribution in [1.82, 2.24) is 0 Å². The fraction of sp³-hybridized carbons (Fsp3) is 0.135. The van der Waals surface area contributed by atoms with Gasteiger partial charge in [-0.1, -0.05) is 101 Å². The maximum atomic E-state index is 10.4. The molecule has 0 aliphatic heterocycles. The van der Waals surface area contributed by atoms with Crippen molar-refractivity contribution in [3.8, 4) is 57.5 Å². The summed E-state index contributed by atoms with van der Waals surface area (Å²) in [5.74, 6) is 7.55. The molecule has 0 saturated heterocycles. The van der Waals surface area contributed by atoms with Crippen molar-refractivity contribution in [2.24, 2.45) is 9.98 Å². The SMILES string of the molecule is Cc1ccc(Oc2ccc(CC(O)C=O)cc2)cc1.Cc1ccc(Oc2ccc(N)cc2)cc1.Cc1ccc(Oc2ccc(N=CC(O)O)cc2)cc1.Cc1ccc(Oc2ccc(N=CC=O)cc2)cc1.Cc1ccc(Oc2ccc(NC(O)C(O)O)cc2)cc1. The van der Waals surface area contributed by atoms with Gasteiger partial charge >= 0.3 is 0 Å². The molecule has 0 saturated carbocycles. The number of anilines is 2. The van der Waals surface area contributed by atoms with Crippen LogP contribution in [0.15, 0.2) is 253 Å². The van der Waals surface area contributed by atoms with Gasteiger partial charge < -0.3 is 70.2 Å². The molecular weight excluding hydrogens is 1150 g/mol. The van der Waals surface area contributed by atoms with Gasteiger partial charge in [-0.2, -0.15) is 0 Å². The van der Waals surface area contributed by atoms with Crippen molar-refractivity contribution in [1.29, 1.82) is 0 Å². The minimum Gasteiger partial charge on any atom is -0.457 e. The zero-order chi connectivity index (χ0) is 65.3. The molecule has 17 heteroatoms. The number of aliphatic hydroxyl groups excluding tert-OH is 4. The summed E-state index contributed by atoms with van der Waals surface area (Å²) in [6.07, 6.45) is -1.96. The summed E-state index contributed by atoms with van der Waals surface area (Å²) in [5.41, 5.74) is 15.1. The van der Waals surface area contributed by atoms with Crippen LogP contribution >= 0.6 is 0 Å². The van der Waals surface area contributed by atoms with Gasteiger partial charge in [-0.25, -0.2) is 0 Å². The van der Waals surface area contributed by atoms with Crippen molar-refractivity contribution in [2.75, 3.05) is 11.1 Å². The van der Waals surface area contributed by atoms with Gasteiger partial charge in [-0.3, -0.25) is 14.8 Å². The lowest BCUT2D eigenvalue weighted by Gasteiger charge is -2.15. The number of nitrogens with one attached hydrogen (secondary N) is 1. The molecule has 91 heavy (non-hydrogen) atoms. The van der Waals surface area contributed by atoms with Crippen LogP contribution < -0.4 is 34.7 Å². The molecule has 2 atom stereocenters. The molecule has 0 spiro atoms. The lowest BCUT2D eigenvalue weighted by Crippen LogP contribution is -2.32. The molecule has 0 fully saturated rings.